The smallest absolute Gasteiger partial charge is 0.0635 e. The van der Waals surface area contributed by atoms with Crippen LogP contribution in [0.4, 0.5) is 0 Å². The second-order valence-electron chi connectivity index (χ2n) is 3.26. The van der Waals surface area contributed by atoms with Gasteiger partial charge in [0.2, 0.25) is 0 Å². The summed E-state index contributed by atoms with van der Waals surface area (Å²) in [6.45, 7) is 6.63. The third-order valence-corrected chi connectivity index (χ3v) is 3.86. The lowest BCUT2D eigenvalue weighted by molar-refractivity contribution is 0.218. The van der Waals surface area contributed by atoms with Crippen molar-refractivity contribution in [2.24, 2.45) is 0 Å². The Morgan fingerprint density at radius 1 is 1.58 bits per heavy atom. The van der Waals surface area contributed by atoms with Crippen molar-refractivity contribution in [2.75, 3.05) is 18.8 Å². The minimum atomic E-state index is 0.636. The molecule has 0 aromatic rings. The number of hydrogen-bond acceptors (Lipinski definition) is 3. The van der Waals surface area contributed by atoms with Crippen LogP contribution in [0.2, 0.25) is 0 Å². The van der Waals surface area contributed by atoms with Crippen molar-refractivity contribution in [3.63, 3.8) is 0 Å². The van der Waals surface area contributed by atoms with Crippen LogP contribution in [0.25, 0.3) is 0 Å². The predicted octanol–water partition coefficient (Wildman–Crippen LogP) is 1.73. The lowest BCUT2D eigenvalue weighted by Gasteiger charge is -2.36. The van der Waals surface area contributed by atoms with Crippen molar-refractivity contribution in [1.82, 2.24) is 4.90 Å². The molecule has 0 amide bonds. The van der Waals surface area contributed by atoms with Gasteiger partial charge in [-0.25, -0.2) is 0 Å². The molecule has 2 nitrogen and oxygen atoms in total. The molecule has 3 heteroatoms. The Balaban J connectivity index is 2.36. The lowest BCUT2D eigenvalue weighted by atomic mass is 10.2. The van der Waals surface area contributed by atoms with Crippen LogP contribution in [0.15, 0.2) is 0 Å². The highest BCUT2D eigenvalue weighted by Gasteiger charge is 2.24. The number of thioether (sulfide) groups is 1. The molecule has 2 unspecified atom stereocenters. The highest BCUT2D eigenvalue weighted by atomic mass is 32.2. The van der Waals surface area contributed by atoms with Gasteiger partial charge in [-0.05, 0) is 6.92 Å². The molecule has 0 saturated carbocycles. The highest BCUT2D eigenvalue weighted by molar-refractivity contribution is 8.00. The van der Waals surface area contributed by atoms with Crippen LogP contribution in [0, 0.1) is 11.3 Å². The second kappa shape index (κ2) is 4.74. The number of rotatable bonds is 2. The van der Waals surface area contributed by atoms with Gasteiger partial charge in [-0.1, -0.05) is 6.92 Å². The maximum absolute atomic E-state index is 8.47. The summed E-state index contributed by atoms with van der Waals surface area (Å²) < 4.78 is 0. The van der Waals surface area contributed by atoms with Gasteiger partial charge in [-0.2, -0.15) is 17.0 Å². The van der Waals surface area contributed by atoms with E-state index in [-0.39, 0.29) is 0 Å². The third-order valence-electron chi connectivity index (χ3n) is 2.53. The van der Waals surface area contributed by atoms with Gasteiger partial charge in [-0.3, -0.25) is 4.90 Å². The van der Waals surface area contributed by atoms with Gasteiger partial charge in [0, 0.05) is 36.6 Å². The first-order valence-corrected chi connectivity index (χ1v) is 5.53. The molecule has 1 saturated heterocycles. The van der Waals surface area contributed by atoms with Gasteiger partial charge in [0.15, 0.2) is 0 Å². The van der Waals surface area contributed by atoms with Crippen molar-refractivity contribution in [2.45, 2.75) is 31.6 Å². The zero-order valence-electron chi connectivity index (χ0n) is 7.79. The minimum absolute atomic E-state index is 0.636. The number of nitriles is 1. The van der Waals surface area contributed by atoms with Crippen LogP contribution in [-0.4, -0.2) is 35.0 Å². The first-order chi connectivity index (χ1) is 5.75. The van der Waals surface area contributed by atoms with Gasteiger partial charge in [0.1, 0.15) is 0 Å². The second-order valence-corrected chi connectivity index (χ2v) is 4.75. The largest absolute Gasteiger partial charge is 0.298 e. The van der Waals surface area contributed by atoms with E-state index in [4.69, 9.17) is 5.26 Å². The van der Waals surface area contributed by atoms with E-state index < -0.39 is 0 Å². The van der Waals surface area contributed by atoms with Crippen LogP contribution in [0.3, 0.4) is 0 Å². The quantitative estimate of drug-likeness (QED) is 0.654. The first kappa shape index (κ1) is 9.88. The van der Waals surface area contributed by atoms with Crippen LogP contribution in [-0.2, 0) is 0 Å². The van der Waals surface area contributed by atoms with Gasteiger partial charge >= 0.3 is 0 Å². The fraction of sp³-hybridized carbons (Fsp3) is 0.889. The average Bonchev–Trinajstić information content (AvgIpc) is 2.08. The van der Waals surface area contributed by atoms with Crippen LogP contribution >= 0.6 is 11.8 Å². The van der Waals surface area contributed by atoms with Crippen molar-refractivity contribution < 1.29 is 0 Å². The molecule has 0 aliphatic carbocycles. The van der Waals surface area contributed by atoms with Crippen molar-refractivity contribution >= 4 is 11.8 Å². The Morgan fingerprint density at radius 3 is 3.00 bits per heavy atom. The molecule has 0 radical (unpaired) electrons. The normalized spacial score (nSPS) is 31.4. The molecule has 1 rings (SSSR count). The molecule has 12 heavy (non-hydrogen) atoms. The summed E-state index contributed by atoms with van der Waals surface area (Å²) >= 11 is 2.04. The fourth-order valence-corrected chi connectivity index (χ4v) is 2.67. The molecule has 1 heterocycles. The highest BCUT2D eigenvalue weighted by Crippen LogP contribution is 2.23. The van der Waals surface area contributed by atoms with E-state index in [1.807, 2.05) is 11.8 Å². The predicted molar refractivity (Wildman–Crippen MR) is 53.2 cm³/mol. The molecule has 1 aliphatic rings. The molecule has 0 spiro atoms. The van der Waals surface area contributed by atoms with Crippen LogP contribution in [0.5, 0.6) is 0 Å². The maximum atomic E-state index is 8.47. The number of nitrogens with zero attached hydrogens (tertiary/aromatic N) is 2. The molecule has 2 atom stereocenters. The van der Waals surface area contributed by atoms with Crippen LogP contribution < -0.4 is 0 Å². The Morgan fingerprint density at radius 2 is 2.33 bits per heavy atom. The SMILES string of the molecule is CC1SCCN(CCC#N)C1C. The molecule has 0 aromatic heterocycles. The summed E-state index contributed by atoms with van der Waals surface area (Å²) in [5.74, 6) is 1.22. The van der Waals surface area contributed by atoms with E-state index in [0.717, 1.165) is 18.3 Å². The zero-order chi connectivity index (χ0) is 8.97. The maximum Gasteiger partial charge on any atom is 0.0635 e. The zero-order valence-corrected chi connectivity index (χ0v) is 8.60. The first-order valence-electron chi connectivity index (χ1n) is 4.48. The minimum Gasteiger partial charge on any atom is -0.298 e. The topological polar surface area (TPSA) is 27.0 Å². The van der Waals surface area contributed by atoms with E-state index >= 15 is 0 Å². The summed E-state index contributed by atoms with van der Waals surface area (Å²) in [5, 5.41) is 9.19. The van der Waals surface area contributed by atoms with Gasteiger partial charge in [-0.15, -0.1) is 0 Å². The van der Waals surface area contributed by atoms with Crippen molar-refractivity contribution in [3.8, 4) is 6.07 Å². The molecule has 1 fully saturated rings. The average molecular weight is 184 g/mol. The molecule has 68 valence electrons. The van der Waals surface area contributed by atoms with Crippen molar-refractivity contribution in [3.05, 3.63) is 0 Å². The van der Waals surface area contributed by atoms with E-state index in [1.165, 1.54) is 5.75 Å². The number of hydrogen-bond donors (Lipinski definition) is 0. The lowest BCUT2D eigenvalue weighted by Crippen LogP contribution is -2.44. The van der Waals surface area contributed by atoms with Crippen LogP contribution in [0.1, 0.15) is 20.3 Å². The van der Waals surface area contributed by atoms with E-state index in [0.29, 0.717) is 12.5 Å². The summed E-state index contributed by atoms with van der Waals surface area (Å²) in [4.78, 5) is 2.42. The molecular formula is C9H16N2S. The van der Waals surface area contributed by atoms with Gasteiger partial charge < -0.3 is 0 Å². The summed E-state index contributed by atoms with van der Waals surface area (Å²) in [5.41, 5.74) is 0. The monoisotopic (exact) mass is 184 g/mol. The molecule has 0 aromatic carbocycles. The Hall–Kier alpha value is -0.200. The van der Waals surface area contributed by atoms with Crippen molar-refractivity contribution in [1.29, 1.82) is 5.26 Å². The standard InChI is InChI=1S/C9H16N2S/c1-8-9(2)12-7-6-11(8)5-3-4-10/h8-9H,3,5-7H2,1-2H3. The Kier molecular flexibility index (Phi) is 3.90. The fourth-order valence-electron chi connectivity index (χ4n) is 1.50. The Labute approximate surface area is 78.9 Å². The summed E-state index contributed by atoms with van der Waals surface area (Å²) in [7, 11) is 0. The van der Waals surface area contributed by atoms with E-state index in [9.17, 15) is 0 Å². The van der Waals surface area contributed by atoms with Gasteiger partial charge in [0.05, 0.1) is 6.07 Å². The molecule has 1 aliphatic heterocycles. The summed E-state index contributed by atoms with van der Waals surface area (Å²) in [6.07, 6.45) is 0.668. The summed E-state index contributed by atoms with van der Waals surface area (Å²) in [6, 6.07) is 2.84. The third kappa shape index (κ3) is 2.40. The molecule has 0 bridgehead atoms. The van der Waals surface area contributed by atoms with E-state index in [2.05, 4.69) is 24.8 Å². The molecular weight excluding hydrogens is 168 g/mol. The van der Waals surface area contributed by atoms with Gasteiger partial charge in [0.25, 0.3) is 0 Å². The van der Waals surface area contributed by atoms with E-state index in [1.54, 1.807) is 0 Å². The molecule has 0 N–H and O–H groups in total. The Bertz CT molecular complexity index is 176.